The minimum Gasteiger partial charge on any atom is -0.355 e. The molecule has 4 nitrogen and oxygen atoms in total. The molecule has 172 valence electrons. The number of carbonyl (C=O) groups is 2. The van der Waals surface area contributed by atoms with E-state index in [2.05, 4.69) is 10.2 Å². The van der Waals surface area contributed by atoms with Crippen LogP contribution in [0.25, 0.3) is 0 Å². The number of benzene rings is 2. The smallest absolute Gasteiger partial charge is 0.227 e. The predicted octanol–water partition coefficient (Wildman–Crippen LogP) is 6.03. The highest BCUT2D eigenvalue weighted by Gasteiger charge is 2.24. The molecule has 2 heterocycles. The van der Waals surface area contributed by atoms with Crippen LogP contribution in [0.2, 0.25) is 10.0 Å². The van der Waals surface area contributed by atoms with Gasteiger partial charge in [0.05, 0.1) is 20.8 Å². The number of amides is 1. The van der Waals surface area contributed by atoms with Gasteiger partial charge in [0.2, 0.25) is 11.7 Å². The lowest BCUT2D eigenvalue weighted by Gasteiger charge is -2.18. The molecule has 1 aliphatic rings. The van der Waals surface area contributed by atoms with Crippen LogP contribution in [0, 0.1) is 5.92 Å². The van der Waals surface area contributed by atoms with Crippen molar-refractivity contribution in [1.82, 2.24) is 10.2 Å². The molecule has 0 radical (unpaired) electrons. The van der Waals surface area contributed by atoms with Crippen molar-refractivity contribution in [1.29, 1.82) is 0 Å². The molecule has 0 saturated carbocycles. The fourth-order valence-electron chi connectivity index (χ4n) is 4.14. The molecule has 7 heteroatoms. The Balaban J connectivity index is 1.25. The van der Waals surface area contributed by atoms with Crippen molar-refractivity contribution in [2.45, 2.75) is 25.8 Å². The number of nitrogens with zero attached hydrogens (tertiary/aromatic N) is 1. The Morgan fingerprint density at radius 3 is 2.61 bits per heavy atom. The Morgan fingerprint density at radius 1 is 1.12 bits per heavy atom. The van der Waals surface area contributed by atoms with Crippen LogP contribution in [-0.2, 0) is 11.3 Å². The van der Waals surface area contributed by atoms with Crippen molar-refractivity contribution >= 4 is 46.2 Å². The van der Waals surface area contributed by atoms with E-state index in [-0.39, 0.29) is 17.6 Å². The van der Waals surface area contributed by atoms with Crippen molar-refractivity contribution in [3.05, 3.63) is 91.6 Å². The normalized spacial score (nSPS) is 17.1. The largest absolute Gasteiger partial charge is 0.355 e. The average molecular weight is 501 g/mol. The van der Waals surface area contributed by atoms with E-state index in [1.807, 2.05) is 54.8 Å². The first-order chi connectivity index (χ1) is 15.9. The zero-order chi connectivity index (χ0) is 23.4. The van der Waals surface area contributed by atoms with Gasteiger partial charge < -0.3 is 5.32 Å². The molecule has 1 amide bonds. The van der Waals surface area contributed by atoms with Crippen LogP contribution in [-0.4, -0.2) is 36.2 Å². The van der Waals surface area contributed by atoms with Gasteiger partial charge in [-0.2, -0.15) is 0 Å². The van der Waals surface area contributed by atoms with Gasteiger partial charge in [0.1, 0.15) is 0 Å². The first-order valence-corrected chi connectivity index (χ1v) is 12.7. The second kappa shape index (κ2) is 10.8. The summed E-state index contributed by atoms with van der Waals surface area (Å²) >= 11 is 13.6. The lowest BCUT2D eigenvalue weighted by atomic mass is 9.97. The zero-order valence-corrected chi connectivity index (χ0v) is 20.7. The highest BCUT2D eigenvalue weighted by atomic mass is 35.5. The van der Waals surface area contributed by atoms with E-state index in [0.29, 0.717) is 28.1 Å². The maximum atomic E-state index is 12.7. The van der Waals surface area contributed by atoms with Gasteiger partial charge in [0, 0.05) is 25.2 Å². The molecule has 0 aliphatic carbocycles. The second-order valence-corrected chi connectivity index (χ2v) is 10.3. The monoisotopic (exact) mass is 500 g/mol. The Bertz CT molecular complexity index is 1120. The van der Waals surface area contributed by atoms with Gasteiger partial charge in [0.25, 0.3) is 0 Å². The van der Waals surface area contributed by atoms with E-state index in [1.54, 1.807) is 12.1 Å². The number of halogens is 2. The van der Waals surface area contributed by atoms with Crippen molar-refractivity contribution < 1.29 is 9.59 Å². The molecule has 1 aliphatic heterocycles. The van der Waals surface area contributed by atoms with Crippen molar-refractivity contribution in [2.75, 3.05) is 19.6 Å². The molecule has 2 aromatic carbocycles. The number of hydrogen-bond donors (Lipinski definition) is 1. The summed E-state index contributed by atoms with van der Waals surface area (Å²) in [6.07, 6.45) is 1.05. The van der Waals surface area contributed by atoms with E-state index in [1.165, 1.54) is 11.3 Å². The third-order valence-corrected chi connectivity index (χ3v) is 7.74. The summed E-state index contributed by atoms with van der Waals surface area (Å²) in [6, 6.07) is 16.8. The van der Waals surface area contributed by atoms with Gasteiger partial charge in [-0.05, 0) is 60.5 Å². The molecular weight excluding hydrogens is 475 g/mol. The lowest BCUT2D eigenvalue weighted by molar-refractivity contribution is -0.122. The molecule has 3 aromatic rings. The molecule has 2 unspecified atom stereocenters. The fourth-order valence-corrected chi connectivity index (χ4v) is 5.15. The number of carbonyl (C=O) groups excluding carboxylic acids is 2. The molecular formula is C26H26Cl2N2O2S. The van der Waals surface area contributed by atoms with Crippen molar-refractivity contribution in [2.24, 2.45) is 5.92 Å². The second-order valence-electron chi connectivity index (χ2n) is 8.53. The van der Waals surface area contributed by atoms with Gasteiger partial charge in [-0.3, -0.25) is 14.5 Å². The van der Waals surface area contributed by atoms with Crippen LogP contribution in [0.1, 0.15) is 45.6 Å². The molecule has 1 aromatic heterocycles. The summed E-state index contributed by atoms with van der Waals surface area (Å²) in [6.45, 7) is 5.32. The van der Waals surface area contributed by atoms with E-state index < -0.39 is 0 Å². The highest BCUT2D eigenvalue weighted by molar-refractivity contribution is 7.12. The number of hydrogen-bond acceptors (Lipinski definition) is 4. The Morgan fingerprint density at radius 2 is 1.91 bits per heavy atom. The molecule has 33 heavy (non-hydrogen) atoms. The third kappa shape index (κ3) is 6.04. The number of rotatable bonds is 8. The van der Waals surface area contributed by atoms with E-state index >= 15 is 0 Å². The van der Waals surface area contributed by atoms with E-state index in [4.69, 9.17) is 23.2 Å². The summed E-state index contributed by atoms with van der Waals surface area (Å²) in [5.74, 6) is 0.176. The average Bonchev–Trinajstić information content (AvgIpc) is 3.51. The van der Waals surface area contributed by atoms with Crippen LogP contribution in [0.4, 0.5) is 0 Å². The Hall–Kier alpha value is -2.18. The minimum atomic E-state index is -0.274. The summed E-state index contributed by atoms with van der Waals surface area (Å²) in [4.78, 5) is 28.3. The third-order valence-electron chi connectivity index (χ3n) is 6.14. The number of thiophene rings is 1. The number of ketones is 1. The maximum Gasteiger partial charge on any atom is 0.227 e. The van der Waals surface area contributed by atoms with Gasteiger partial charge in [-0.25, -0.2) is 0 Å². The standard InChI is InChI=1S/C26H26Cl2N2O2S/c1-17(20-5-7-21(8-6-20)25(31)24-3-2-12-33-24)26(32)29-14-19-10-11-30(16-19)15-18-4-9-22(27)23(28)13-18/h2-9,12-13,17,19H,10-11,14-16H2,1H3,(H,29,32). The minimum absolute atomic E-state index is 0.00951. The van der Waals surface area contributed by atoms with E-state index in [0.717, 1.165) is 42.1 Å². The van der Waals surface area contributed by atoms with Gasteiger partial charge >= 0.3 is 0 Å². The molecule has 0 bridgehead atoms. The van der Waals surface area contributed by atoms with Crippen LogP contribution in [0.5, 0.6) is 0 Å². The van der Waals surface area contributed by atoms with Crippen LogP contribution >= 0.6 is 34.5 Å². The predicted molar refractivity (Wildman–Crippen MR) is 135 cm³/mol. The van der Waals surface area contributed by atoms with Gasteiger partial charge in [-0.1, -0.05) is 59.6 Å². The van der Waals surface area contributed by atoms with Crippen LogP contribution < -0.4 is 5.32 Å². The first kappa shape index (κ1) is 24.0. The molecule has 1 saturated heterocycles. The van der Waals surface area contributed by atoms with Gasteiger partial charge in [0.15, 0.2) is 0 Å². The molecule has 1 fully saturated rings. The SMILES string of the molecule is CC(C(=O)NCC1CCN(Cc2ccc(Cl)c(Cl)c2)C1)c1ccc(C(=O)c2cccs2)cc1. The maximum absolute atomic E-state index is 12.7. The van der Waals surface area contributed by atoms with Gasteiger partial charge in [-0.15, -0.1) is 11.3 Å². The summed E-state index contributed by atoms with van der Waals surface area (Å²) in [5, 5.41) is 6.16. The molecule has 1 N–H and O–H groups in total. The fraction of sp³-hybridized carbons (Fsp3) is 0.308. The Kier molecular flexibility index (Phi) is 7.86. The number of nitrogens with one attached hydrogen (secondary N) is 1. The van der Waals surface area contributed by atoms with Crippen LogP contribution in [0.3, 0.4) is 0 Å². The van der Waals surface area contributed by atoms with Crippen LogP contribution in [0.15, 0.2) is 60.0 Å². The molecule has 0 spiro atoms. The van der Waals surface area contributed by atoms with Crippen molar-refractivity contribution in [3.63, 3.8) is 0 Å². The topological polar surface area (TPSA) is 49.4 Å². The lowest BCUT2D eigenvalue weighted by Crippen LogP contribution is -2.33. The number of likely N-dealkylation sites (tertiary alicyclic amines) is 1. The van der Waals surface area contributed by atoms with Crippen molar-refractivity contribution in [3.8, 4) is 0 Å². The Labute approximate surface area is 208 Å². The first-order valence-electron chi connectivity index (χ1n) is 11.0. The van der Waals surface area contributed by atoms with E-state index in [9.17, 15) is 9.59 Å². The summed E-state index contributed by atoms with van der Waals surface area (Å²) in [5.41, 5.74) is 2.69. The summed E-state index contributed by atoms with van der Waals surface area (Å²) in [7, 11) is 0. The molecule has 4 rings (SSSR count). The highest BCUT2D eigenvalue weighted by Crippen LogP contribution is 2.25. The summed E-state index contributed by atoms with van der Waals surface area (Å²) < 4.78 is 0. The molecule has 2 atom stereocenters. The zero-order valence-electron chi connectivity index (χ0n) is 18.4. The quantitative estimate of drug-likeness (QED) is 0.384.